The predicted octanol–water partition coefficient (Wildman–Crippen LogP) is 2.39. The smallest absolute Gasteiger partial charge is 0.273 e. The van der Waals surface area contributed by atoms with Crippen molar-refractivity contribution < 1.29 is 9.47 Å². The molecule has 3 heterocycles. The molecule has 3 aromatic rings. The number of fused-ring (bicyclic) bond motifs is 1. The molecule has 0 radical (unpaired) electrons. The summed E-state index contributed by atoms with van der Waals surface area (Å²) in [5.74, 6) is 0. The minimum absolute atomic E-state index is 0.167. The number of benzene rings is 1. The van der Waals surface area contributed by atoms with Gasteiger partial charge in [0.15, 0.2) is 11.9 Å². The van der Waals surface area contributed by atoms with E-state index in [4.69, 9.17) is 9.47 Å². The maximum atomic E-state index is 12.3. The third-order valence-electron chi connectivity index (χ3n) is 3.70. The van der Waals surface area contributed by atoms with Gasteiger partial charge in [-0.1, -0.05) is 29.8 Å². The summed E-state index contributed by atoms with van der Waals surface area (Å²) in [6, 6.07) is 11.2. The molecule has 1 saturated heterocycles. The lowest BCUT2D eigenvalue weighted by Crippen LogP contribution is -2.32. The second-order valence-corrected chi connectivity index (χ2v) is 5.42. The van der Waals surface area contributed by atoms with Crippen LogP contribution in [0.2, 0.25) is 0 Å². The molecular weight excluding hydrogens is 282 g/mol. The normalized spacial score (nSPS) is 21.0. The lowest BCUT2D eigenvalue weighted by Gasteiger charge is -2.32. The quantitative estimate of drug-likeness (QED) is 0.788. The molecule has 0 unspecified atom stereocenters. The summed E-state index contributed by atoms with van der Waals surface area (Å²) >= 11 is 0. The van der Waals surface area contributed by atoms with Crippen LogP contribution in [0.3, 0.4) is 0 Å². The summed E-state index contributed by atoms with van der Waals surface area (Å²) in [4.78, 5) is 16.8. The van der Waals surface area contributed by atoms with Crippen molar-refractivity contribution in [2.75, 3.05) is 0 Å². The molecule has 1 aliphatic rings. The predicted molar refractivity (Wildman–Crippen MR) is 80.4 cm³/mol. The number of hydrogen-bond donors (Lipinski definition) is 1. The second-order valence-electron chi connectivity index (χ2n) is 5.42. The zero-order chi connectivity index (χ0) is 15.3. The van der Waals surface area contributed by atoms with Crippen molar-refractivity contribution in [3.63, 3.8) is 0 Å². The van der Waals surface area contributed by atoms with Gasteiger partial charge in [-0.3, -0.25) is 9.89 Å². The van der Waals surface area contributed by atoms with Crippen molar-refractivity contribution in [3.8, 4) is 11.3 Å². The van der Waals surface area contributed by atoms with Gasteiger partial charge in [0.2, 0.25) is 6.29 Å². The van der Waals surface area contributed by atoms with Crippen molar-refractivity contribution in [1.29, 1.82) is 0 Å². The lowest BCUT2D eigenvalue weighted by atomic mass is 10.1. The first-order valence-electron chi connectivity index (χ1n) is 7.11. The third kappa shape index (κ3) is 2.13. The number of rotatable bonds is 2. The van der Waals surface area contributed by atoms with E-state index in [9.17, 15) is 4.79 Å². The SMILES string of the molecule is Cc1ccc(-c2cc(=O)n3[nH]c(C4OC(C)O4)cc3n2)cc1. The average molecular weight is 297 g/mol. The van der Waals surface area contributed by atoms with Gasteiger partial charge in [-0.15, -0.1) is 0 Å². The summed E-state index contributed by atoms with van der Waals surface area (Å²) in [5.41, 5.74) is 3.80. The molecule has 4 rings (SSSR count). The molecule has 22 heavy (non-hydrogen) atoms. The molecule has 6 nitrogen and oxygen atoms in total. The number of ether oxygens (including phenoxy) is 2. The number of hydrogen-bond acceptors (Lipinski definition) is 4. The van der Waals surface area contributed by atoms with Gasteiger partial charge in [0, 0.05) is 17.7 Å². The van der Waals surface area contributed by atoms with Gasteiger partial charge < -0.3 is 9.47 Å². The van der Waals surface area contributed by atoms with Crippen LogP contribution in [0.4, 0.5) is 0 Å². The van der Waals surface area contributed by atoms with Gasteiger partial charge in [0.05, 0.1) is 11.4 Å². The van der Waals surface area contributed by atoms with Crippen molar-refractivity contribution in [1.82, 2.24) is 14.6 Å². The van der Waals surface area contributed by atoms with Crippen LogP contribution in [0, 0.1) is 6.92 Å². The van der Waals surface area contributed by atoms with Crippen LogP contribution in [0.5, 0.6) is 0 Å². The Morgan fingerprint density at radius 2 is 1.91 bits per heavy atom. The Morgan fingerprint density at radius 3 is 2.59 bits per heavy atom. The molecule has 1 aliphatic heterocycles. The van der Waals surface area contributed by atoms with E-state index in [1.54, 1.807) is 6.07 Å². The zero-order valence-electron chi connectivity index (χ0n) is 12.2. The average Bonchev–Trinajstić information content (AvgIpc) is 2.89. The summed E-state index contributed by atoms with van der Waals surface area (Å²) in [6.07, 6.45) is -0.678. The fourth-order valence-corrected chi connectivity index (χ4v) is 2.51. The Balaban J connectivity index is 1.79. The van der Waals surface area contributed by atoms with Gasteiger partial charge >= 0.3 is 0 Å². The molecule has 112 valence electrons. The number of aryl methyl sites for hydroxylation is 1. The number of nitrogens with zero attached hydrogens (tertiary/aromatic N) is 2. The fourth-order valence-electron chi connectivity index (χ4n) is 2.51. The summed E-state index contributed by atoms with van der Waals surface area (Å²) < 4.78 is 12.2. The Hall–Kier alpha value is -2.44. The lowest BCUT2D eigenvalue weighted by molar-refractivity contribution is -0.384. The molecule has 6 heteroatoms. The number of aromatic amines is 1. The molecule has 1 fully saturated rings. The van der Waals surface area contributed by atoms with Gasteiger partial charge in [0.1, 0.15) is 0 Å². The molecule has 2 aromatic heterocycles. The molecule has 0 aliphatic carbocycles. The van der Waals surface area contributed by atoms with Crippen LogP contribution in [0.1, 0.15) is 24.5 Å². The maximum absolute atomic E-state index is 12.3. The highest BCUT2D eigenvalue weighted by molar-refractivity contribution is 5.61. The summed E-state index contributed by atoms with van der Waals surface area (Å²) in [5, 5.41) is 2.97. The van der Waals surface area contributed by atoms with E-state index in [2.05, 4.69) is 10.1 Å². The maximum Gasteiger partial charge on any atom is 0.273 e. The Labute approximate surface area is 126 Å². The van der Waals surface area contributed by atoms with Gasteiger partial charge in [-0.25, -0.2) is 9.50 Å². The highest BCUT2D eigenvalue weighted by Crippen LogP contribution is 2.30. The molecule has 0 atom stereocenters. The first kappa shape index (κ1) is 13.2. The topological polar surface area (TPSA) is 68.6 Å². The van der Waals surface area contributed by atoms with E-state index in [1.165, 1.54) is 16.1 Å². The zero-order valence-corrected chi connectivity index (χ0v) is 12.2. The molecule has 1 N–H and O–H groups in total. The highest BCUT2D eigenvalue weighted by Gasteiger charge is 2.30. The number of H-pyrrole nitrogens is 1. The van der Waals surface area contributed by atoms with E-state index >= 15 is 0 Å². The van der Waals surface area contributed by atoms with E-state index < -0.39 is 6.29 Å². The van der Waals surface area contributed by atoms with Crippen molar-refractivity contribution in [2.45, 2.75) is 26.4 Å². The third-order valence-corrected chi connectivity index (χ3v) is 3.70. The first-order valence-corrected chi connectivity index (χ1v) is 7.11. The van der Waals surface area contributed by atoms with Crippen molar-refractivity contribution >= 4 is 5.65 Å². The molecule has 0 saturated carbocycles. The van der Waals surface area contributed by atoms with Crippen LogP contribution in [0.25, 0.3) is 16.9 Å². The standard InChI is InChI=1S/C16H15N3O3/c1-9-3-5-11(6-4-9)12-8-15(20)19-14(17-12)7-13(18-19)16-21-10(2)22-16/h3-8,10,16,18H,1-2H3. The van der Waals surface area contributed by atoms with Crippen LogP contribution in [-0.4, -0.2) is 20.9 Å². The molecular formula is C16H15N3O3. The Bertz CT molecular complexity index is 889. The number of aromatic nitrogens is 3. The van der Waals surface area contributed by atoms with Crippen LogP contribution in [-0.2, 0) is 9.47 Å². The van der Waals surface area contributed by atoms with Crippen molar-refractivity contribution in [2.24, 2.45) is 0 Å². The first-order chi connectivity index (χ1) is 10.6. The minimum atomic E-state index is -0.459. The summed E-state index contributed by atoms with van der Waals surface area (Å²) in [7, 11) is 0. The Morgan fingerprint density at radius 1 is 1.18 bits per heavy atom. The van der Waals surface area contributed by atoms with Crippen LogP contribution >= 0.6 is 0 Å². The largest absolute Gasteiger partial charge is 0.318 e. The Kier molecular flexibility index (Phi) is 2.88. The molecule has 0 amide bonds. The van der Waals surface area contributed by atoms with Gasteiger partial charge in [-0.2, -0.15) is 0 Å². The molecule has 1 aromatic carbocycles. The van der Waals surface area contributed by atoms with E-state index in [0.717, 1.165) is 5.56 Å². The second kappa shape index (κ2) is 4.79. The van der Waals surface area contributed by atoms with Crippen LogP contribution in [0.15, 0.2) is 41.2 Å². The monoisotopic (exact) mass is 297 g/mol. The number of nitrogens with one attached hydrogen (secondary N) is 1. The highest BCUT2D eigenvalue weighted by atomic mass is 16.9. The molecule has 0 spiro atoms. The van der Waals surface area contributed by atoms with Crippen LogP contribution < -0.4 is 5.56 Å². The fraction of sp³-hybridized carbons (Fsp3) is 0.250. The van der Waals surface area contributed by atoms with Crippen molar-refractivity contribution in [3.05, 3.63) is 58.0 Å². The molecule has 0 bridgehead atoms. The van der Waals surface area contributed by atoms with E-state index in [-0.39, 0.29) is 11.8 Å². The van der Waals surface area contributed by atoms with E-state index in [0.29, 0.717) is 17.0 Å². The van der Waals surface area contributed by atoms with Gasteiger partial charge in [-0.05, 0) is 13.8 Å². The summed E-state index contributed by atoms with van der Waals surface area (Å²) in [6.45, 7) is 3.84. The van der Waals surface area contributed by atoms with Gasteiger partial charge in [0.25, 0.3) is 5.56 Å². The van der Waals surface area contributed by atoms with E-state index in [1.807, 2.05) is 38.1 Å². The minimum Gasteiger partial charge on any atom is -0.318 e.